The van der Waals surface area contributed by atoms with Crippen molar-refractivity contribution >= 4 is 51.1 Å². The van der Waals surface area contributed by atoms with Crippen molar-refractivity contribution in [3.8, 4) is 0 Å². The maximum atomic E-state index is 13.9. The van der Waals surface area contributed by atoms with E-state index in [1.165, 1.54) is 57.8 Å². The predicted octanol–water partition coefficient (Wildman–Crippen LogP) is 7.41. The molecular formula is C34H44N2O2S2. The van der Waals surface area contributed by atoms with Crippen LogP contribution in [0.25, 0.3) is 11.1 Å². The van der Waals surface area contributed by atoms with E-state index in [0.29, 0.717) is 0 Å². The molecule has 0 radical (unpaired) electrons. The van der Waals surface area contributed by atoms with E-state index in [2.05, 4.69) is 59.8 Å². The minimum atomic E-state index is -0.667. The summed E-state index contributed by atoms with van der Waals surface area (Å²) >= 11 is 3.31. The van der Waals surface area contributed by atoms with Gasteiger partial charge in [0.2, 0.25) is 0 Å². The number of thiophene rings is 2. The molecule has 0 fully saturated rings. The van der Waals surface area contributed by atoms with Crippen molar-refractivity contribution in [2.45, 2.75) is 97.1 Å². The molecule has 0 spiro atoms. The van der Waals surface area contributed by atoms with Gasteiger partial charge in [0.25, 0.3) is 5.91 Å². The van der Waals surface area contributed by atoms with Crippen LogP contribution in [0, 0.1) is 0 Å². The average Bonchev–Trinajstić information content (AvgIpc) is 3.75. The highest BCUT2D eigenvalue weighted by molar-refractivity contribution is 7.11. The van der Waals surface area contributed by atoms with E-state index in [-0.39, 0.29) is 5.91 Å². The highest BCUT2D eigenvalue weighted by Gasteiger charge is 2.35. The zero-order valence-electron chi connectivity index (χ0n) is 24.2. The molecule has 4 heterocycles. The van der Waals surface area contributed by atoms with E-state index in [4.69, 9.17) is 0 Å². The molecule has 2 aliphatic heterocycles. The quantitative estimate of drug-likeness (QED) is 0.181. The van der Waals surface area contributed by atoms with Crippen LogP contribution in [0.1, 0.15) is 101 Å². The van der Waals surface area contributed by atoms with Crippen molar-refractivity contribution in [3.63, 3.8) is 0 Å². The SMILES string of the molecule is CCCCCCCCN1C(=O)C(c2cccs2)=c2cc3c(cc21)=C(c1cccs1)C(O)N3CCCCCCCC. The van der Waals surface area contributed by atoms with Crippen LogP contribution < -0.4 is 20.2 Å². The predicted molar refractivity (Wildman–Crippen MR) is 172 cm³/mol. The molecule has 0 saturated heterocycles. The summed E-state index contributed by atoms with van der Waals surface area (Å²) in [6.45, 7) is 6.05. The summed E-state index contributed by atoms with van der Waals surface area (Å²) in [6, 6.07) is 12.7. The third kappa shape index (κ3) is 6.09. The topological polar surface area (TPSA) is 43.8 Å². The van der Waals surface area contributed by atoms with Crippen molar-refractivity contribution in [1.82, 2.24) is 0 Å². The molecule has 3 aromatic rings. The Morgan fingerprint density at radius 2 is 1.30 bits per heavy atom. The lowest BCUT2D eigenvalue weighted by Gasteiger charge is -2.26. The molecule has 5 rings (SSSR count). The number of fused-ring (bicyclic) bond motifs is 2. The summed E-state index contributed by atoms with van der Waals surface area (Å²) in [5.41, 5.74) is 3.86. The monoisotopic (exact) mass is 576 g/mol. The number of rotatable bonds is 16. The van der Waals surface area contributed by atoms with Gasteiger partial charge in [0.1, 0.15) is 0 Å². The zero-order valence-corrected chi connectivity index (χ0v) is 25.8. The maximum absolute atomic E-state index is 13.9. The number of carbonyl (C=O) groups excluding carboxylic acids is 1. The van der Waals surface area contributed by atoms with Crippen LogP contribution >= 0.6 is 22.7 Å². The highest BCUT2D eigenvalue weighted by Crippen LogP contribution is 2.34. The summed E-state index contributed by atoms with van der Waals surface area (Å²) in [4.78, 5) is 20.3. The zero-order chi connectivity index (χ0) is 27.9. The Morgan fingerprint density at radius 1 is 0.725 bits per heavy atom. The number of hydrogen-bond acceptors (Lipinski definition) is 5. The lowest BCUT2D eigenvalue weighted by atomic mass is 10.1. The van der Waals surface area contributed by atoms with Crippen molar-refractivity contribution in [1.29, 1.82) is 0 Å². The second-order valence-corrected chi connectivity index (χ2v) is 13.1. The van der Waals surface area contributed by atoms with Gasteiger partial charge >= 0.3 is 0 Å². The summed E-state index contributed by atoms with van der Waals surface area (Å²) in [5.74, 6) is 0.121. The molecule has 4 nitrogen and oxygen atoms in total. The smallest absolute Gasteiger partial charge is 0.260 e. The number of nitrogens with zero attached hydrogens (tertiary/aromatic N) is 2. The lowest BCUT2D eigenvalue weighted by Crippen LogP contribution is -2.34. The van der Waals surface area contributed by atoms with E-state index < -0.39 is 6.23 Å². The normalized spacial score (nSPS) is 16.4. The number of aliphatic hydroxyl groups excluding tert-OH is 1. The molecule has 214 valence electrons. The van der Waals surface area contributed by atoms with Crippen molar-refractivity contribution in [2.24, 2.45) is 0 Å². The van der Waals surface area contributed by atoms with Crippen LogP contribution in [0.15, 0.2) is 47.2 Å². The molecule has 0 bridgehead atoms. The van der Waals surface area contributed by atoms with Gasteiger partial charge in [-0.15, -0.1) is 22.7 Å². The van der Waals surface area contributed by atoms with Gasteiger partial charge in [0.15, 0.2) is 6.23 Å². The second-order valence-electron chi connectivity index (χ2n) is 11.2. The molecule has 2 aliphatic rings. The van der Waals surface area contributed by atoms with Gasteiger partial charge in [0, 0.05) is 44.5 Å². The molecule has 6 heteroatoms. The minimum absolute atomic E-state index is 0.121. The Bertz CT molecular complexity index is 1380. The summed E-state index contributed by atoms with van der Waals surface area (Å²) in [6.07, 6.45) is 13.8. The molecule has 1 N–H and O–H groups in total. The van der Waals surface area contributed by atoms with E-state index in [9.17, 15) is 9.90 Å². The van der Waals surface area contributed by atoms with Crippen molar-refractivity contribution in [2.75, 3.05) is 22.9 Å². The third-order valence-corrected chi connectivity index (χ3v) is 10.1. The molecule has 1 atom stereocenters. The van der Waals surface area contributed by atoms with Gasteiger partial charge in [0.05, 0.1) is 11.3 Å². The largest absolute Gasteiger partial charge is 0.369 e. The minimum Gasteiger partial charge on any atom is -0.369 e. The first-order chi connectivity index (χ1) is 19.7. The average molecular weight is 577 g/mol. The Hall–Kier alpha value is -2.41. The first kappa shape index (κ1) is 29.1. The van der Waals surface area contributed by atoms with E-state index in [0.717, 1.165) is 75.1 Å². The number of carbonyl (C=O) groups is 1. The first-order valence-electron chi connectivity index (χ1n) is 15.4. The second kappa shape index (κ2) is 14.0. The van der Waals surface area contributed by atoms with Gasteiger partial charge in [-0.3, -0.25) is 4.79 Å². The van der Waals surface area contributed by atoms with E-state index in [1.807, 2.05) is 11.0 Å². The molecule has 0 aliphatic carbocycles. The van der Waals surface area contributed by atoms with E-state index in [1.54, 1.807) is 22.7 Å². The maximum Gasteiger partial charge on any atom is 0.260 e. The van der Waals surface area contributed by atoms with Crippen molar-refractivity contribution in [3.05, 3.63) is 67.3 Å². The molecular weight excluding hydrogens is 533 g/mol. The molecule has 2 aromatic heterocycles. The van der Waals surface area contributed by atoms with Gasteiger partial charge in [-0.05, 0) is 47.9 Å². The fourth-order valence-corrected chi connectivity index (χ4v) is 7.75. The third-order valence-electron chi connectivity index (χ3n) is 8.33. The number of amides is 1. The Labute approximate surface area is 247 Å². The number of anilines is 2. The van der Waals surface area contributed by atoms with Crippen LogP contribution in [-0.4, -0.2) is 30.3 Å². The van der Waals surface area contributed by atoms with Crippen molar-refractivity contribution < 1.29 is 9.90 Å². The number of hydrogen-bond donors (Lipinski definition) is 1. The molecule has 1 aromatic carbocycles. The first-order valence-corrected chi connectivity index (χ1v) is 17.2. The fraction of sp³-hybridized carbons (Fsp3) is 0.500. The highest BCUT2D eigenvalue weighted by atomic mass is 32.1. The van der Waals surface area contributed by atoms with Crippen LogP contribution in [0.4, 0.5) is 11.4 Å². The molecule has 40 heavy (non-hydrogen) atoms. The Balaban J connectivity index is 1.51. The Morgan fingerprint density at radius 3 is 1.93 bits per heavy atom. The lowest BCUT2D eigenvalue weighted by molar-refractivity contribution is -0.113. The summed E-state index contributed by atoms with van der Waals surface area (Å²) in [7, 11) is 0. The Kier molecular flexibility index (Phi) is 10.2. The van der Waals surface area contributed by atoms with Gasteiger partial charge in [-0.25, -0.2) is 0 Å². The number of aliphatic hydroxyl groups is 1. The van der Waals surface area contributed by atoms with Crippen LogP contribution in [0.5, 0.6) is 0 Å². The van der Waals surface area contributed by atoms with Crippen LogP contribution in [0.3, 0.4) is 0 Å². The number of unbranched alkanes of at least 4 members (excludes halogenated alkanes) is 10. The standard InChI is InChI=1S/C34H44N2O2S2/c1-3-5-7-9-11-13-19-35-27-23-26-28(24-25(27)31(33(35)37)29-17-15-21-39-29)36(20-14-12-10-8-6-4-2)34(38)32(26)30-18-16-22-40-30/h15-18,21-24,33,37H,3-14,19-20H2,1-2H3. The molecule has 0 saturated carbocycles. The van der Waals surface area contributed by atoms with Gasteiger partial charge in [-0.2, -0.15) is 0 Å². The van der Waals surface area contributed by atoms with Crippen LogP contribution in [0.2, 0.25) is 0 Å². The van der Waals surface area contributed by atoms with Crippen LogP contribution in [-0.2, 0) is 4.79 Å². The van der Waals surface area contributed by atoms with Gasteiger partial charge < -0.3 is 14.9 Å². The van der Waals surface area contributed by atoms with Gasteiger partial charge in [-0.1, -0.05) is 90.2 Å². The number of benzene rings is 1. The fourth-order valence-electron chi connectivity index (χ4n) is 6.17. The summed E-state index contributed by atoms with van der Waals surface area (Å²) < 4.78 is 0. The van der Waals surface area contributed by atoms with E-state index >= 15 is 0 Å². The molecule has 1 unspecified atom stereocenters. The molecule has 1 amide bonds. The summed E-state index contributed by atoms with van der Waals surface area (Å²) in [5, 5.41) is 17.9.